The number of esters is 1. The predicted molar refractivity (Wildman–Crippen MR) is 398 cm³/mol. The van der Waals surface area contributed by atoms with Crippen molar-refractivity contribution in [3.05, 3.63) is 122 Å². The Hall–Kier alpha value is -9.89. The Bertz CT molecular complexity index is 4420. The second kappa shape index (κ2) is 36.5. The zero-order valence-corrected chi connectivity index (χ0v) is 63.3. The summed E-state index contributed by atoms with van der Waals surface area (Å²) >= 11 is 0. The van der Waals surface area contributed by atoms with E-state index in [4.69, 9.17) is 38.5 Å². The quantitative estimate of drug-likeness (QED) is 0.0136. The number of benzene rings is 3. The van der Waals surface area contributed by atoms with Crippen LogP contribution in [0.3, 0.4) is 0 Å². The number of carboxylic acids is 2. The molecule has 2 saturated heterocycles. The van der Waals surface area contributed by atoms with Crippen molar-refractivity contribution in [2.24, 2.45) is 5.92 Å². The van der Waals surface area contributed by atoms with Crippen LogP contribution in [0.4, 0.5) is 10.5 Å². The van der Waals surface area contributed by atoms with E-state index in [0.717, 1.165) is 38.7 Å². The number of hydrogen-bond donors (Lipinski definition) is 8. The second-order valence-electron chi connectivity index (χ2n) is 28.9. The van der Waals surface area contributed by atoms with Crippen molar-refractivity contribution in [1.82, 2.24) is 49.9 Å². The van der Waals surface area contributed by atoms with Crippen LogP contribution < -0.4 is 31.7 Å². The Kier molecular flexibility index (Phi) is 27.4. The molecule has 4 aliphatic heterocycles. The first kappa shape index (κ1) is 81.6. The van der Waals surface area contributed by atoms with Crippen LogP contribution in [0.25, 0.3) is 33.2 Å². The van der Waals surface area contributed by atoms with Crippen LogP contribution in [0.15, 0.2) is 77.6 Å². The van der Waals surface area contributed by atoms with E-state index in [0.29, 0.717) is 67.9 Å². The molecule has 31 heteroatoms. The van der Waals surface area contributed by atoms with Crippen LogP contribution in [0.1, 0.15) is 138 Å². The maximum atomic E-state index is 14.3. The van der Waals surface area contributed by atoms with Gasteiger partial charge in [0.05, 0.1) is 80.2 Å². The SMILES string of the molecule is CC[C@@]1(O)C(=O)OCc2c1cc1n(c2=O)Cc2c-1nc1ccccc1c2CCN(C(=O)OCc1ccc(NC(=O)[C@H](C)NC(=O)C(NC(=O)CCC(=O)N(CCOCCOCCC(=O)O)C2CCN(C(=O)CCn3c(CN(C)NC)cc4cc(C)ccc43)CC2)C(C)C)c(O[C@H]2C[C@@H](O)C[C@@H](C(=O)O)O2)c1)C(C)C. The number of aliphatic hydroxyl groups excluding tert-OH is 1. The number of fused-ring (bicyclic) bond motifs is 6. The summed E-state index contributed by atoms with van der Waals surface area (Å²) < 4.78 is 38.1. The third-order valence-electron chi connectivity index (χ3n) is 20.6. The fourth-order valence-corrected chi connectivity index (χ4v) is 14.4. The van der Waals surface area contributed by atoms with Crippen molar-refractivity contribution in [3.63, 3.8) is 0 Å². The van der Waals surface area contributed by atoms with Gasteiger partial charge in [-0.2, -0.15) is 0 Å². The van der Waals surface area contributed by atoms with Gasteiger partial charge in [0.1, 0.15) is 31.0 Å². The summed E-state index contributed by atoms with van der Waals surface area (Å²) in [6.45, 7) is 14.3. The largest absolute Gasteiger partial charge is 0.481 e. The number of cyclic esters (lactones) is 1. The normalized spacial score (nSPS) is 18.2. The molecule has 0 radical (unpaired) electrons. The van der Waals surface area contributed by atoms with Gasteiger partial charge in [0.15, 0.2) is 11.7 Å². The number of ether oxygens (including phenoxy) is 6. The van der Waals surface area contributed by atoms with E-state index < -0.39 is 89.4 Å². The van der Waals surface area contributed by atoms with Gasteiger partial charge in [-0.05, 0) is 120 Å². The molecule has 0 aliphatic carbocycles. The van der Waals surface area contributed by atoms with E-state index in [1.807, 2.05) is 69.0 Å². The van der Waals surface area contributed by atoms with Gasteiger partial charge in [-0.15, -0.1) is 0 Å². The number of nitrogens with zero attached hydrogens (tertiary/aromatic N) is 7. The lowest BCUT2D eigenvalue weighted by atomic mass is 9.86. The minimum absolute atomic E-state index is 0.0131. The summed E-state index contributed by atoms with van der Waals surface area (Å²) in [6, 6.07) is 18.9. The number of aliphatic hydroxyl groups is 2. The Morgan fingerprint density at radius 1 is 0.826 bits per heavy atom. The molecule has 10 rings (SSSR count). The number of carboxylic acid groups (broad SMARTS) is 2. The summed E-state index contributed by atoms with van der Waals surface area (Å²) in [4.78, 5) is 145. The van der Waals surface area contributed by atoms with E-state index in [1.165, 1.54) is 24.0 Å². The number of aromatic nitrogens is 3. The Labute approximate surface area is 631 Å². The number of rotatable bonds is 35. The highest BCUT2D eigenvalue weighted by atomic mass is 16.7. The zero-order chi connectivity index (χ0) is 78.5. The molecule has 1 unspecified atom stereocenters. The molecule has 7 heterocycles. The number of carbonyl (C=O) groups excluding carboxylic acids is 7. The Balaban J connectivity index is 0.762. The van der Waals surface area contributed by atoms with E-state index >= 15 is 0 Å². The van der Waals surface area contributed by atoms with Gasteiger partial charge in [0, 0.05) is 117 Å². The number of anilines is 1. The molecule has 588 valence electrons. The lowest BCUT2D eigenvalue weighted by Crippen LogP contribution is -2.54. The second-order valence-corrected chi connectivity index (χ2v) is 28.9. The topological polar surface area (TPSA) is 391 Å². The van der Waals surface area contributed by atoms with Crippen LogP contribution in [0.5, 0.6) is 5.75 Å². The molecule has 0 spiro atoms. The number of amides is 6. The van der Waals surface area contributed by atoms with Gasteiger partial charge in [-0.3, -0.25) is 39.0 Å². The molecule has 4 aliphatic rings. The van der Waals surface area contributed by atoms with Gasteiger partial charge < -0.3 is 88.6 Å². The number of carbonyl (C=O) groups is 9. The summed E-state index contributed by atoms with van der Waals surface area (Å²) in [5.74, 6) is -6.17. The number of piperidine rings is 1. The summed E-state index contributed by atoms with van der Waals surface area (Å²) in [7, 11) is 3.80. The number of nitrogens with one attached hydrogen (secondary N) is 4. The Morgan fingerprint density at radius 3 is 2.28 bits per heavy atom. The van der Waals surface area contributed by atoms with E-state index in [9.17, 15) is 63.3 Å². The van der Waals surface area contributed by atoms with Gasteiger partial charge in [-0.25, -0.2) is 24.4 Å². The average Bonchev–Trinajstić information content (AvgIpc) is 1.61. The third kappa shape index (κ3) is 19.8. The molecule has 8 N–H and O–H groups in total. The molecule has 109 heavy (non-hydrogen) atoms. The van der Waals surface area contributed by atoms with Crippen LogP contribution in [0.2, 0.25) is 0 Å². The average molecular weight is 1510 g/mol. The standard InChI is InChI=1S/C78H101N11O20/c1-10-78(103)58-40-62-71-56(42-89(62)74(98)57(58)44-106-76(78)101)54(55-13-11-12-14-59(55)81-71)23-28-86(46(4)5)77(102)107-43-49-16-17-60(63(36-49)108-69-39-53(90)38-64(109-69)75(99)100)82-72(96)48(7)80-73(97)70(45(2)3)83-65(91)19-20-67(93)88(30-32-105-34-33-104-31-25-68(94)95)51-21-26-85(27-22-51)66(92)24-29-87-52(41-84(9)79-8)37-50-35-47(6)15-18-61(50)87/h11-18,35-37,40,45-46,48,51,53,64,69-70,79,90,103H,10,19-34,38-39,41-44H2,1-9H3,(H,80,97)(H,82,96)(H,83,91)(H,94,95)(H,99,100)/t48-,53-,64-,69+,70?,78-/m0/s1. The highest BCUT2D eigenvalue weighted by Gasteiger charge is 2.46. The number of aliphatic carboxylic acids is 2. The first-order valence-electron chi connectivity index (χ1n) is 37.2. The van der Waals surface area contributed by atoms with Gasteiger partial charge >= 0.3 is 24.0 Å². The molecule has 0 saturated carbocycles. The van der Waals surface area contributed by atoms with Crippen molar-refractivity contribution < 1.29 is 92.0 Å². The first-order valence-corrected chi connectivity index (χ1v) is 37.2. The molecule has 2 fully saturated rings. The number of hydrogen-bond acceptors (Lipinski definition) is 21. The summed E-state index contributed by atoms with van der Waals surface area (Å²) in [5.41, 5.74) is 7.84. The molecule has 6 atom stereocenters. The highest BCUT2D eigenvalue weighted by molar-refractivity contribution is 5.99. The number of likely N-dealkylation sites (tertiary alicyclic amines) is 1. The number of hydrazine groups is 1. The highest BCUT2D eigenvalue weighted by Crippen LogP contribution is 2.41. The van der Waals surface area contributed by atoms with Gasteiger partial charge in [0.2, 0.25) is 35.8 Å². The number of aryl methyl sites for hydroxylation is 2. The molecule has 31 nitrogen and oxygen atoms in total. The Morgan fingerprint density at radius 2 is 1.57 bits per heavy atom. The van der Waals surface area contributed by atoms with E-state index in [1.54, 1.807) is 42.4 Å². The first-order chi connectivity index (χ1) is 52.0. The van der Waals surface area contributed by atoms with Crippen LogP contribution in [0, 0.1) is 12.8 Å². The maximum absolute atomic E-state index is 14.3. The van der Waals surface area contributed by atoms with E-state index in [-0.39, 0.29) is 151 Å². The third-order valence-corrected chi connectivity index (χ3v) is 20.6. The molecule has 3 aromatic carbocycles. The molecular formula is C78H101N11O20. The number of para-hydroxylation sites is 1. The zero-order valence-electron chi connectivity index (χ0n) is 63.3. The molecule has 0 bridgehead atoms. The predicted octanol–water partition coefficient (Wildman–Crippen LogP) is 5.61. The van der Waals surface area contributed by atoms with Crippen LogP contribution in [-0.4, -0.2) is 217 Å². The maximum Gasteiger partial charge on any atom is 0.410 e. The van der Waals surface area contributed by atoms with Crippen molar-refractivity contribution in [2.75, 3.05) is 72.0 Å². The van der Waals surface area contributed by atoms with Gasteiger partial charge in [0.25, 0.3) is 5.56 Å². The lowest BCUT2D eigenvalue weighted by molar-refractivity contribution is -0.195. The fraction of sp³-hybridized carbons (Fsp3) is 0.526. The minimum Gasteiger partial charge on any atom is -0.481 e. The summed E-state index contributed by atoms with van der Waals surface area (Å²) in [6.07, 6.45) is -4.17. The van der Waals surface area contributed by atoms with Crippen LogP contribution in [-0.2, 0) is 107 Å². The molecular weight excluding hydrogens is 1410 g/mol. The summed E-state index contributed by atoms with van der Waals surface area (Å²) in [5, 5.41) is 53.1. The molecule has 3 aromatic heterocycles. The smallest absolute Gasteiger partial charge is 0.410 e. The van der Waals surface area contributed by atoms with Crippen molar-refractivity contribution in [3.8, 4) is 17.1 Å². The van der Waals surface area contributed by atoms with Gasteiger partial charge in [-0.1, -0.05) is 56.7 Å². The van der Waals surface area contributed by atoms with Crippen molar-refractivity contribution >= 4 is 81.0 Å². The molecule has 6 aromatic rings. The van der Waals surface area contributed by atoms with Crippen molar-refractivity contribution in [1.29, 1.82) is 0 Å². The number of pyridine rings is 2. The lowest BCUT2D eigenvalue weighted by Gasteiger charge is -2.39. The fourth-order valence-electron chi connectivity index (χ4n) is 14.4. The van der Waals surface area contributed by atoms with E-state index in [2.05, 4.69) is 50.2 Å². The monoisotopic (exact) mass is 1510 g/mol. The van der Waals surface area contributed by atoms with Crippen LogP contribution >= 0.6 is 0 Å². The minimum atomic E-state index is -2.02. The molecule has 6 amide bonds. The van der Waals surface area contributed by atoms with Crippen molar-refractivity contribution in [2.45, 2.75) is 194 Å².